The van der Waals surface area contributed by atoms with Crippen molar-refractivity contribution in [3.63, 3.8) is 0 Å². The van der Waals surface area contributed by atoms with E-state index < -0.39 is 6.10 Å². The van der Waals surface area contributed by atoms with Gasteiger partial charge in [0.25, 0.3) is 0 Å². The van der Waals surface area contributed by atoms with E-state index in [1.54, 1.807) is 0 Å². The fourth-order valence-corrected chi connectivity index (χ4v) is 9.27. The Bertz CT molecular complexity index is 1450. The minimum absolute atomic E-state index is 0.0786. The Kier molecular flexibility index (Phi) is 61.2. The predicted molar refractivity (Wildman–Crippen MR) is 330 cm³/mol. The molecule has 6 nitrogen and oxygen atoms in total. The van der Waals surface area contributed by atoms with E-state index in [1.165, 1.54) is 173 Å². The van der Waals surface area contributed by atoms with E-state index in [-0.39, 0.29) is 31.1 Å². The van der Waals surface area contributed by atoms with Crippen molar-refractivity contribution in [2.24, 2.45) is 0 Å². The molecule has 76 heavy (non-hydrogen) atoms. The summed E-state index contributed by atoms with van der Waals surface area (Å²) in [5.74, 6) is -0.880. The Balaban J connectivity index is 4.23. The highest BCUT2D eigenvalue weighted by atomic mass is 16.6. The van der Waals surface area contributed by atoms with Crippen molar-refractivity contribution in [1.82, 2.24) is 0 Å². The quantitative estimate of drug-likeness (QED) is 0.0261. The highest BCUT2D eigenvalue weighted by molar-refractivity contribution is 5.71. The fourth-order valence-electron chi connectivity index (χ4n) is 9.27. The van der Waals surface area contributed by atoms with Crippen LogP contribution in [-0.2, 0) is 28.6 Å². The van der Waals surface area contributed by atoms with Crippen LogP contribution in [0.1, 0.15) is 323 Å². The number of allylic oxidation sites excluding steroid dienone is 14. The monoisotopic (exact) mass is 1060 g/mol. The Labute approximate surface area is 471 Å². The summed E-state index contributed by atoms with van der Waals surface area (Å²) < 4.78 is 16.9. The SMILES string of the molecule is CC/C=C\C/C=C\C/C=C\C/C=C\CCCCCCCCCCCCCCCCC(=O)OCC(COC(=O)CCCCCCCCCCCC)OC(=O)CCCCCCCC/C=C\C/C=C\C/C=C\CCCCCCC. The lowest BCUT2D eigenvalue weighted by atomic mass is 10.0. The molecule has 0 saturated heterocycles. The number of carbonyl (C=O) groups excluding carboxylic acids is 3. The summed E-state index contributed by atoms with van der Waals surface area (Å²) in [4.78, 5) is 38.2. The van der Waals surface area contributed by atoms with Gasteiger partial charge in [0.1, 0.15) is 13.2 Å². The molecule has 0 aliphatic heterocycles. The zero-order valence-electron chi connectivity index (χ0n) is 50.3. The maximum Gasteiger partial charge on any atom is 0.306 e. The van der Waals surface area contributed by atoms with E-state index in [9.17, 15) is 14.4 Å². The standard InChI is InChI=1S/C70H122O6/c1-4-7-10-13-16-19-22-24-26-28-30-32-33-34-35-36-37-39-40-42-44-46-48-51-54-57-60-63-69(72)75-66-67(65-74-68(71)62-59-56-53-50-21-18-15-12-9-6-3)76-70(73)64-61-58-55-52-49-47-45-43-41-38-31-29-27-25-23-20-17-14-11-8-5-2/h7,10,16,19,23-26,29-32,41,43,67H,4-6,8-9,11-15,17-18,20-22,27-28,33-40,42,44-66H2,1-3H3/b10-7-,19-16-,25-23-,26-24-,31-29-,32-30-,43-41-. The molecular weight excluding hydrogens is 937 g/mol. The van der Waals surface area contributed by atoms with E-state index in [0.717, 1.165) is 109 Å². The molecule has 1 unspecified atom stereocenters. The summed E-state index contributed by atoms with van der Waals surface area (Å²) in [6.07, 6.45) is 84.5. The second-order valence-corrected chi connectivity index (χ2v) is 21.6. The van der Waals surface area contributed by atoms with Gasteiger partial charge >= 0.3 is 17.9 Å². The van der Waals surface area contributed by atoms with Crippen molar-refractivity contribution >= 4 is 17.9 Å². The summed E-state index contributed by atoms with van der Waals surface area (Å²) in [5, 5.41) is 0. The largest absolute Gasteiger partial charge is 0.462 e. The molecule has 1 atom stereocenters. The van der Waals surface area contributed by atoms with Gasteiger partial charge < -0.3 is 14.2 Å². The summed E-state index contributed by atoms with van der Waals surface area (Å²) >= 11 is 0. The molecule has 0 aliphatic carbocycles. The first kappa shape index (κ1) is 72.6. The number of hydrogen-bond donors (Lipinski definition) is 0. The Morgan fingerprint density at radius 2 is 0.513 bits per heavy atom. The molecule has 0 aromatic carbocycles. The number of carbonyl (C=O) groups is 3. The predicted octanol–water partition coefficient (Wildman–Crippen LogP) is 22.3. The minimum Gasteiger partial charge on any atom is -0.462 e. The van der Waals surface area contributed by atoms with Crippen molar-refractivity contribution in [3.05, 3.63) is 85.1 Å². The van der Waals surface area contributed by atoms with Crippen molar-refractivity contribution < 1.29 is 28.6 Å². The van der Waals surface area contributed by atoms with Gasteiger partial charge in [0.15, 0.2) is 6.10 Å². The van der Waals surface area contributed by atoms with Gasteiger partial charge in [-0.3, -0.25) is 14.4 Å². The molecule has 0 aromatic heterocycles. The normalized spacial score (nSPS) is 12.6. The van der Waals surface area contributed by atoms with E-state index in [4.69, 9.17) is 14.2 Å². The van der Waals surface area contributed by atoms with Gasteiger partial charge in [0.05, 0.1) is 0 Å². The van der Waals surface area contributed by atoms with Crippen LogP contribution in [-0.4, -0.2) is 37.2 Å². The molecule has 0 spiro atoms. The Hall–Kier alpha value is -3.41. The molecule has 0 fully saturated rings. The van der Waals surface area contributed by atoms with Gasteiger partial charge in [-0.05, 0) is 96.3 Å². The van der Waals surface area contributed by atoms with Gasteiger partial charge in [-0.15, -0.1) is 0 Å². The van der Waals surface area contributed by atoms with Gasteiger partial charge in [0.2, 0.25) is 0 Å². The molecule has 0 aliphatic rings. The summed E-state index contributed by atoms with van der Waals surface area (Å²) in [6.45, 7) is 6.52. The van der Waals surface area contributed by atoms with Crippen LogP contribution in [0.5, 0.6) is 0 Å². The summed E-state index contributed by atoms with van der Waals surface area (Å²) in [6, 6.07) is 0. The molecular formula is C70H122O6. The zero-order chi connectivity index (χ0) is 55.0. The molecule has 0 saturated carbocycles. The molecule has 0 bridgehead atoms. The first-order valence-corrected chi connectivity index (χ1v) is 32.6. The third-order valence-electron chi connectivity index (χ3n) is 14.1. The van der Waals surface area contributed by atoms with Crippen LogP contribution in [0.3, 0.4) is 0 Å². The zero-order valence-corrected chi connectivity index (χ0v) is 50.3. The first-order valence-electron chi connectivity index (χ1n) is 32.6. The van der Waals surface area contributed by atoms with Crippen LogP contribution in [0, 0.1) is 0 Å². The number of unbranched alkanes of at least 4 members (excludes halogenated alkanes) is 34. The van der Waals surface area contributed by atoms with E-state index >= 15 is 0 Å². The minimum atomic E-state index is -0.782. The number of hydrogen-bond acceptors (Lipinski definition) is 6. The topological polar surface area (TPSA) is 78.9 Å². The highest BCUT2D eigenvalue weighted by Crippen LogP contribution is 2.17. The molecule has 0 N–H and O–H groups in total. The van der Waals surface area contributed by atoms with Crippen molar-refractivity contribution in [3.8, 4) is 0 Å². The average Bonchev–Trinajstić information content (AvgIpc) is 3.42. The van der Waals surface area contributed by atoms with Crippen LogP contribution in [0.25, 0.3) is 0 Å². The van der Waals surface area contributed by atoms with Crippen molar-refractivity contribution in [2.75, 3.05) is 13.2 Å². The highest BCUT2D eigenvalue weighted by Gasteiger charge is 2.19. The Morgan fingerprint density at radius 3 is 0.803 bits per heavy atom. The van der Waals surface area contributed by atoms with Crippen molar-refractivity contribution in [2.45, 2.75) is 329 Å². The lowest BCUT2D eigenvalue weighted by molar-refractivity contribution is -0.167. The van der Waals surface area contributed by atoms with Crippen molar-refractivity contribution in [1.29, 1.82) is 0 Å². The second kappa shape index (κ2) is 64.1. The van der Waals surface area contributed by atoms with Crippen LogP contribution >= 0.6 is 0 Å². The molecule has 6 heteroatoms. The molecule has 438 valence electrons. The molecule has 0 rings (SSSR count). The molecule has 0 heterocycles. The first-order chi connectivity index (χ1) is 37.5. The maximum atomic E-state index is 12.9. The number of esters is 3. The van der Waals surface area contributed by atoms with E-state index in [0.29, 0.717) is 19.3 Å². The van der Waals surface area contributed by atoms with Gasteiger partial charge in [-0.1, -0.05) is 292 Å². The van der Waals surface area contributed by atoms with Crippen LogP contribution in [0.2, 0.25) is 0 Å². The third kappa shape index (κ3) is 61.4. The van der Waals surface area contributed by atoms with E-state index in [1.807, 2.05) is 0 Å². The molecule has 0 amide bonds. The van der Waals surface area contributed by atoms with Crippen LogP contribution in [0.4, 0.5) is 0 Å². The summed E-state index contributed by atoms with van der Waals surface area (Å²) in [7, 11) is 0. The molecule has 0 radical (unpaired) electrons. The number of ether oxygens (including phenoxy) is 3. The van der Waals surface area contributed by atoms with Crippen LogP contribution < -0.4 is 0 Å². The second-order valence-electron chi connectivity index (χ2n) is 21.6. The number of rotatable bonds is 59. The third-order valence-corrected chi connectivity index (χ3v) is 14.1. The Morgan fingerprint density at radius 1 is 0.276 bits per heavy atom. The smallest absolute Gasteiger partial charge is 0.306 e. The fraction of sp³-hybridized carbons (Fsp3) is 0.757. The van der Waals surface area contributed by atoms with Crippen LogP contribution in [0.15, 0.2) is 85.1 Å². The molecule has 0 aromatic rings. The average molecular weight is 1060 g/mol. The summed E-state index contributed by atoms with van der Waals surface area (Å²) in [5.41, 5.74) is 0. The maximum absolute atomic E-state index is 12.9. The lowest BCUT2D eigenvalue weighted by Crippen LogP contribution is -2.30. The van der Waals surface area contributed by atoms with Gasteiger partial charge in [0, 0.05) is 19.3 Å². The lowest BCUT2D eigenvalue weighted by Gasteiger charge is -2.18. The van der Waals surface area contributed by atoms with Gasteiger partial charge in [-0.25, -0.2) is 0 Å². The van der Waals surface area contributed by atoms with Gasteiger partial charge in [-0.2, -0.15) is 0 Å². The van der Waals surface area contributed by atoms with E-state index in [2.05, 4.69) is 106 Å².